The summed E-state index contributed by atoms with van der Waals surface area (Å²) >= 11 is 0. The van der Waals surface area contributed by atoms with Gasteiger partial charge in [-0.1, -0.05) is 13.5 Å². The van der Waals surface area contributed by atoms with E-state index in [9.17, 15) is 0 Å². The second kappa shape index (κ2) is 4.08. The van der Waals surface area contributed by atoms with Crippen LogP contribution >= 0.6 is 0 Å². The molecule has 0 saturated heterocycles. The number of aromatic nitrogens is 1. The van der Waals surface area contributed by atoms with E-state index in [1.54, 1.807) is 0 Å². The van der Waals surface area contributed by atoms with E-state index < -0.39 is 0 Å². The standard InChI is InChI=1S/C11H16N2/c1-5-10-6-7-13-11(8(10)2)9(3)12-4/h6-7,12H,3,5H2,1-2,4H3. The third-order valence-corrected chi connectivity index (χ3v) is 2.28. The molecule has 0 spiro atoms. The molecule has 2 nitrogen and oxygen atoms in total. The highest BCUT2D eigenvalue weighted by atomic mass is 14.9. The Morgan fingerprint density at radius 2 is 2.31 bits per heavy atom. The minimum Gasteiger partial charge on any atom is -0.387 e. The number of aryl methyl sites for hydroxylation is 1. The first-order valence-corrected chi connectivity index (χ1v) is 4.52. The number of nitrogens with one attached hydrogen (secondary N) is 1. The van der Waals surface area contributed by atoms with Crippen LogP contribution in [0.1, 0.15) is 23.7 Å². The molecular weight excluding hydrogens is 160 g/mol. The Balaban J connectivity index is 3.15. The fourth-order valence-electron chi connectivity index (χ4n) is 1.38. The molecule has 0 radical (unpaired) electrons. The van der Waals surface area contributed by atoms with Crippen LogP contribution in [-0.4, -0.2) is 12.0 Å². The number of hydrogen-bond acceptors (Lipinski definition) is 2. The maximum atomic E-state index is 4.30. The molecule has 1 N–H and O–H groups in total. The van der Waals surface area contributed by atoms with Crippen LogP contribution in [0.25, 0.3) is 5.70 Å². The van der Waals surface area contributed by atoms with E-state index >= 15 is 0 Å². The van der Waals surface area contributed by atoms with E-state index in [1.165, 1.54) is 11.1 Å². The maximum Gasteiger partial charge on any atom is 0.0886 e. The van der Waals surface area contributed by atoms with Gasteiger partial charge in [-0.15, -0.1) is 0 Å². The second-order valence-electron chi connectivity index (χ2n) is 3.03. The Labute approximate surface area is 79.7 Å². The highest BCUT2D eigenvalue weighted by molar-refractivity contribution is 5.61. The van der Waals surface area contributed by atoms with Crippen molar-refractivity contribution in [3.63, 3.8) is 0 Å². The highest BCUT2D eigenvalue weighted by Gasteiger charge is 2.05. The highest BCUT2D eigenvalue weighted by Crippen LogP contribution is 2.16. The van der Waals surface area contributed by atoms with Crippen LogP contribution in [0.15, 0.2) is 18.8 Å². The van der Waals surface area contributed by atoms with Crippen molar-refractivity contribution in [2.45, 2.75) is 20.3 Å². The molecule has 13 heavy (non-hydrogen) atoms. The summed E-state index contributed by atoms with van der Waals surface area (Å²) in [6.07, 6.45) is 2.88. The molecule has 2 heteroatoms. The predicted octanol–water partition coefficient (Wildman–Crippen LogP) is 2.14. The Hall–Kier alpha value is -1.31. The zero-order chi connectivity index (χ0) is 9.84. The van der Waals surface area contributed by atoms with E-state index in [-0.39, 0.29) is 0 Å². The smallest absolute Gasteiger partial charge is 0.0886 e. The van der Waals surface area contributed by atoms with Crippen LogP contribution < -0.4 is 5.32 Å². The Morgan fingerprint density at radius 3 is 2.85 bits per heavy atom. The summed E-state index contributed by atoms with van der Waals surface area (Å²) in [5.41, 5.74) is 4.42. The van der Waals surface area contributed by atoms with Crippen LogP contribution in [0.5, 0.6) is 0 Å². The molecule has 1 rings (SSSR count). The molecule has 0 aromatic carbocycles. The van der Waals surface area contributed by atoms with Gasteiger partial charge in [0.15, 0.2) is 0 Å². The van der Waals surface area contributed by atoms with Gasteiger partial charge in [-0.05, 0) is 30.5 Å². The topological polar surface area (TPSA) is 24.9 Å². The van der Waals surface area contributed by atoms with Crippen molar-refractivity contribution in [1.82, 2.24) is 10.3 Å². The zero-order valence-corrected chi connectivity index (χ0v) is 8.52. The van der Waals surface area contributed by atoms with Crippen molar-refractivity contribution in [2.75, 3.05) is 7.05 Å². The van der Waals surface area contributed by atoms with Gasteiger partial charge < -0.3 is 5.32 Å². The molecule has 1 aromatic heterocycles. The van der Waals surface area contributed by atoms with Gasteiger partial charge in [0.1, 0.15) is 0 Å². The van der Waals surface area contributed by atoms with Gasteiger partial charge in [0, 0.05) is 13.2 Å². The van der Waals surface area contributed by atoms with E-state index in [2.05, 4.69) is 36.8 Å². The number of pyridine rings is 1. The average Bonchev–Trinajstić information content (AvgIpc) is 2.17. The lowest BCUT2D eigenvalue weighted by Gasteiger charge is -2.10. The minimum absolute atomic E-state index is 0.882. The van der Waals surface area contributed by atoms with Crippen molar-refractivity contribution < 1.29 is 0 Å². The summed E-state index contributed by atoms with van der Waals surface area (Å²) in [5.74, 6) is 0. The first-order valence-electron chi connectivity index (χ1n) is 4.52. The summed E-state index contributed by atoms with van der Waals surface area (Å²) < 4.78 is 0. The number of nitrogens with zero attached hydrogens (tertiary/aromatic N) is 1. The maximum absolute atomic E-state index is 4.30. The summed E-state index contributed by atoms with van der Waals surface area (Å²) in [5, 5.41) is 3.02. The van der Waals surface area contributed by atoms with Gasteiger partial charge in [-0.25, -0.2) is 0 Å². The van der Waals surface area contributed by atoms with Crippen LogP contribution in [0.4, 0.5) is 0 Å². The van der Waals surface area contributed by atoms with Crippen LogP contribution in [-0.2, 0) is 6.42 Å². The fourth-order valence-corrected chi connectivity index (χ4v) is 1.38. The number of rotatable bonds is 3. The third kappa shape index (κ3) is 1.89. The molecule has 70 valence electrons. The minimum atomic E-state index is 0.882. The normalized spacial score (nSPS) is 9.77. The van der Waals surface area contributed by atoms with Crippen molar-refractivity contribution in [2.24, 2.45) is 0 Å². The van der Waals surface area contributed by atoms with Crippen LogP contribution in [0.3, 0.4) is 0 Å². The first kappa shape index (κ1) is 9.78. The summed E-state index contributed by atoms with van der Waals surface area (Å²) in [6, 6.07) is 2.06. The molecule has 0 bridgehead atoms. The van der Waals surface area contributed by atoms with Crippen molar-refractivity contribution in [3.8, 4) is 0 Å². The lowest BCUT2D eigenvalue weighted by atomic mass is 10.0. The fraction of sp³-hybridized carbons (Fsp3) is 0.364. The second-order valence-corrected chi connectivity index (χ2v) is 3.03. The van der Waals surface area contributed by atoms with E-state index in [1.807, 2.05) is 13.2 Å². The largest absolute Gasteiger partial charge is 0.387 e. The Bertz CT molecular complexity index is 316. The molecule has 0 unspecified atom stereocenters. The molecule has 0 fully saturated rings. The Kier molecular flexibility index (Phi) is 3.07. The average molecular weight is 176 g/mol. The van der Waals surface area contributed by atoms with Gasteiger partial charge in [-0.3, -0.25) is 4.98 Å². The molecule has 0 aliphatic heterocycles. The van der Waals surface area contributed by atoms with E-state index in [0.29, 0.717) is 0 Å². The quantitative estimate of drug-likeness (QED) is 0.763. The lowest BCUT2D eigenvalue weighted by molar-refractivity contribution is 1.04. The summed E-state index contributed by atoms with van der Waals surface area (Å²) in [7, 11) is 1.86. The monoisotopic (exact) mass is 176 g/mol. The first-order chi connectivity index (χ1) is 6.20. The van der Waals surface area contributed by atoms with Gasteiger partial charge in [0.2, 0.25) is 0 Å². The van der Waals surface area contributed by atoms with Gasteiger partial charge in [-0.2, -0.15) is 0 Å². The van der Waals surface area contributed by atoms with Gasteiger partial charge in [0.05, 0.1) is 11.4 Å². The molecule has 1 heterocycles. The summed E-state index contributed by atoms with van der Waals surface area (Å²) in [4.78, 5) is 4.30. The molecule has 1 aromatic rings. The third-order valence-electron chi connectivity index (χ3n) is 2.28. The van der Waals surface area contributed by atoms with Gasteiger partial charge in [0.25, 0.3) is 0 Å². The van der Waals surface area contributed by atoms with Gasteiger partial charge >= 0.3 is 0 Å². The summed E-state index contributed by atoms with van der Waals surface area (Å²) in [6.45, 7) is 8.14. The van der Waals surface area contributed by atoms with Crippen molar-refractivity contribution >= 4 is 5.70 Å². The Morgan fingerprint density at radius 1 is 1.62 bits per heavy atom. The van der Waals surface area contributed by atoms with Crippen LogP contribution in [0, 0.1) is 6.92 Å². The predicted molar refractivity (Wildman–Crippen MR) is 56.4 cm³/mol. The molecule has 0 aliphatic rings. The lowest BCUT2D eigenvalue weighted by Crippen LogP contribution is -2.07. The van der Waals surface area contributed by atoms with E-state index in [0.717, 1.165) is 17.8 Å². The zero-order valence-electron chi connectivity index (χ0n) is 8.52. The molecule has 0 atom stereocenters. The molecule has 0 aliphatic carbocycles. The molecule has 0 amide bonds. The van der Waals surface area contributed by atoms with Crippen molar-refractivity contribution in [1.29, 1.82) is 0 Å². The van der Waals surface area contributed by atoms with Crippen LogP contribution in [0.2, 0.25) is 0 Å². The number of hydrogen-bond donors (Lipinski definition) is 1. The SMILES string of the molecule is C=C(NC)c1nccc(CC)c1C. The molecule has 0 saturated carbocycles. The van der Waals surface area contributed by atoms with Crippen molar-refractivity contribution in [3.05, 3.63) is 35.7 Å². The van der Waals surface area contributed by atoms with E-state index in [4.69, 9.17) is 0 Å². The molecular formula is C11H16N2.